The van der Waals surface area contributed by atoms with Crippen molar-refractivity contribution in [2.45, 2.75) is 25.6 Å². The molecule has 0 radical (unpaired) electrons. The molecule has 2 aromatic carbocycles. The second kappa shape index (κ2) is 8.66. The van der Waals surface area contributed by atoms with Gasteiger partial charge in [0.2, 0.25) is 5.91 Å². The molecule has 4 rings (SSSR count). The Balaban J connectivity index is 1.44. The van der Waals surface area contributed by atoms with Gasteiger partial charge in [0.05, 0.1) is 19.9 Å². The molecule has 1 fully saturated rings. The molecule has 2 aliphatic heterocycles. The average Bonchev–Trinajstić information content (AvgIpc) is 3.32. The van der Waals surface area contributed by atoms with Crippen LogP contribution in [0.3, 0.4) is 0 Å². The van der Waals surface area contributed by atoms with E-state index in [1.54, 1.807) is 18.2 Å². The van der Waals surface area contributed by atoms with Gasteiger partial charge in [0, 0.05) is 12.6 Å². The normalized spacial score (nSPS) is 19.3. The van der Waals surface area contributed by atoms with Crippen LogP contribution >= 0.6 is 0 Å². The molecule has 0 aliphatic carbocycles. The first-order valence-electron chi connectivity index (χ1n) is 10.0. The number of anilines is 1. The van der Waals surface area contributed by atoms with Gasteiger partial charge in [-0.25, -0.2) is 4.90 Å². The molecule has 0 aromatic heterocycles. The maximum atomic E-state index is 13.1. The summed E-state index contributed by atoms with van der Waals surface area (Å²) < 4.78 is 10.5. The van der Waals surface area contributed by atoms with Crippen LogP contribution in [0.15, 0.2) is 52.8 Å². The number of fused-ring (bicyclic) bond motifs is 1. The predicted octanol–water partition coefficient (Wildman–Crippen LogP) is 1.62. The number of nitrogens with one attached hydrogen (secondary N) is 1. The lowest BCUT2D eigenvalue weighted by Crippen LogP contribution is -2.44. The summed E-state index contributed by atoms with van der Waals surface area (Å²) in [7, 11) is 2.96. The molecule has 2 heterocycles. The molecule has 10 heteroatoms. The van der Waals surface area contributed by atoms with E-state index in [0.717, 1.165) is 16.0 Å². The molecule has 32 heavy (non-hydrogen) atoms. The molecule has 0 bridgehead atoms. The van der Waals surface area contributed by atoms with Gasteiger partial charge in [-0.15, -0.1) is 0 Å². The number of benzene rings is 2. The molecule has 1 saturated heterocycles. The van der Waals surface area contributed by atoms with Crippen LogP contribution in [-0.2, 0) is 20.9 Å². The highest BCUT2D eigenvalue weighted by molar-refractivity contribution is 6.25. The maximum Gasteiger partial charge on any atom is 0.263 e. The smallest absolute Gasteiger partial charge is 0.263 e. The lowest BCUT2D eigenvalue weighted by atomic mass is 10.1. The molecule has 1 N–H and O–H groups in total. The van der Waals surface area contributed by atoms with Gasteiger partial charge < -0.3 is 14.8 Å². The number of amides is 3. The summed E-state index contributed by atoms with van der Waals surface area (Å²) in [6.45, 7) is 2.15. The summed E-state index contributed by atoms with van der Waals surface area (Å²) in [6.07, 6.45) is 0. The molecular weight excluding hydrogens is 414 g/mol. The lowest BCUT2D eigenvalue weighted by molar-refractivity contribution is -0.125. The summed E-state index contributed by atoms with van der Waals surface area (Å²) in [5, 5.41) is 11.9. The Bertz CT molecular complexity index is 1080. The van der Waals surface area contributed by atoms with E-state index in [4.69, 9.17) is 9.47 Å². The summed E-state index contributed by atoms with van der Waals surface area (Å²) in [4.78, 5) is 39.4. The number of carbonyl (C=O) groups excluding carboxylic acids is 3. The van der Waals surface area contributed by atoms with E-state index in [0.29, 0.717) is 23.7 Å². The molecule has 2 atom stereocenters. The average molecular weight is 437 g/mol. The van der Waals surface area contributed by atoms with Crippen molar-refractivity contribution in [1.29, 1.82) is 0 Å². The number of carbonyl (C=O) groups is 3. The summed E-state index contributed by atoms with van der Waals surface area (Å²) >= 11 is 0. The highest BCUT2D eigenvalue weighted by atomic mass is 16.5. The van der Waals surface area contributed by atoms with E-state index < -0.39 is 23.9 Å². The van der Waals surface area contributed by atoms with Crippen LogP contribution in [0.25, 0.3) is 0 Å². The first kappa shape index (κ1) is 21.3. The predicted molar refractivity (Wildman–Crippen MR) is 114 cm³/mol. The number of hydrogen-bond acceptors (Lipinski definition) is 8. The first-order valence-corrected chi connectivity index (χ1v) is 10.0. The van der Waals surface area contributed by atoms with Crippen LogP contribution in [0.4, 0.5) is 5.69 Å². The monoisotopic (exact) mass is 437 g/mol. The van der Waals surface area contributed by atoms with E-state index >= 15 is 0 Å². The minimum Gasteiger partial charge on any atom is -0.493 e. The van der Waals surface area contributed by atoms with Crippen LogP contribution in [0.2, 0.25) is 0 Å². The molecule has 166 valence electrons. The van der Waals surface area contributed by atoms with Gasteiger partial charge in [0.25, 0.3) is 11.8 Å². The van der Waals surface area contributed by atoms with E-state index in [-0.39, 0.29) is 12.5 Å². The van der Waals surface area contributed by atoms with Crippen molar-refractivity contribution in [1.82, 2.24) is 10.3 Å². The van der Waals surface area contributed by atoms with Crippen LogP contribution in [0, 0.1) is 6.92 Å². The summed E-state index contributed by atoms with van der Waals surface area (Å²) in [6, 6.07) is 10.6. The SMILES string of the molecule is COc1ccc(N2C(=O)[C@@H]3[C@@H](N=NN3CC(=O)NCc3ccc(C)cc3)C2=O)cc1OC. The van der Waals surface area contributed by atoms with Gasteiger partial charge in [-0.3, -0.25) is 19.4 Å². The van der Waals surface area contributed by atoms with Crippen molar-refractivity contribution in [3.63, 3.8) is 0 Å². The standard InChI is InChI=1S/C22H23N5O5/c1-13-4-6-14(7-5-13)11-23-18(28)12-26-20-19(24-25-26)21(29)27(22(20)30)15-8-9-16(31-2)17(10-15)32-3/h4-10,19-20H,11-12H2,1-3H3,(H,23,28)/t19-,20+/m1/s1. The van der Waals surface area contributed by atoms with Gasteiger partial charge in [-0.1, -0.05) is 35.1 Å². The fourth-order valence-electron chi connectivity index (χ4n) is 3.68. The highest BCUT2D eigenvalue weighted by Gasteiger charge is 2.55. The fourth-order valence-corrected chi connectivity index (χ4v) is 3.68. The Kier molecular flexibility index (Phi) is 5.76. The third-order valence-corrected chi connectivity index (χ3v) is 5.40. The molecular formula is C22H23N5O5. The fraction of sp³-hybridized carbons (Fsp3) is 0.318. The summed E-state index contributed by atoms with van der Waals surface area (Å²) in [5.74, 6) is -0.462. The van der Waals surface area contributed by atoms with Crippen molar-refractivity contribution in [3.8, 4) is 11.5 Å². The van der Waals surface area contributed by atoms with E-state index in [9.17, 15) is 14.4 Å². The Labute approximate surface area is 184 Å². The molecule has 2 aromatic rings. The van der Waals surface area contributed by atoms with Crippen molar-refractivity contribution in [2.75, 3.05) is 25.7 Å². The third kappa shape index (κ3) is 3.86. The number of imide groups is 1. The topological polar surface area (TPSA) is 113 Å². The molecule has 0 unspecified atom stereocenters. The number of hydrogen-bond donors (Lipinski definition) is 1. The quantitative estimate of drug-likeness (QED) is 0.659. The number of ether oxygens (including phenoxy) is 2. The Morgan fingerprint density at radius 1 is 1.03 bits per heavy atom. The van der Waals surface area contributed by atoms with E-state index in [2.05, 4.69) is 15.7 Å². The summed E-state index contributed by atoms with van der Waals surface area (Å²) in [5.41, 5.74) is 2.43. The van der Waals surface area contributed by atoms with Gasteiger partial charge in [-0.05, 0) is 24.6 Å². The Morgan fingerprint density at radius 3 is 2.44 bits per heavy atom. The zero-order valence-corrected chi connectivity index (χ0v) is 17.9. The van der Waals surface area contributed by atoms with Crippen LogP contribution in [0.5, 0.6) is 11.5 Å². The maximum absolute atomic E-state index is 13.1. The molecule has 0 spiro atoms. The van der Waals surface area contributed by atoms with Crippen LogP contribution in [-0.4, -0.2) is 55.6 Å². The second-order valence-electron chi connectivity index (χ2n) is 7.51. The molecule has 10 nitrogen and oxygen atoms in total. The molecule has 3 amide bonds. The van der Waals surface area contributed by atoms with Crippen molar-refractivity contribution in [2.24, 2.45) is 10.3 Å². The number of rotatable bonds is 7. The third-order valence-electron chi connectivity index (χ3n) is 5.40. The first-order chi connectivity index (χ1) is 15.4. The van der Waals surface area contributed by atoms with Crippen molar-refractivity contribution < 1.29 is 23.9 Å². The largest absolute Gasteiger partial charge is 0.493 e. The van der Waals surface area contributed by atoms with Gasteiger partial charge >= 0.3 is 0 Å². The molecule has 2 aliphatic rings. The molecule has 0 saturated carbocycles. The second-order valence-corrected chi connectivity index (χ2v) is 7.51. The minimum absolute atomic E-state index is 0.185. The Morgan fingerprint density at radius 2 is 1.75 bits per heavy atom. The number of nitrogens with zero attached hydrogens (tertiary/aromatic N) is 4. The van der Waals surface area contributed by atoms with Gasteiger partial charge in [0.15, 0.2) is 23.6 Å². The van der Waals surface area contributed by atoms with E-state index in [1.807, 2.05) is 31.2 Å². The minimum atomic E-state index is -0.986. The lowest BCUT2D eigenvalue weighted by Gasteiger charge is -2.20. The van der Waals surface area contributed by atoms with Crippen LogP contribution < -0.4 is 19.7 Å². The zero-order valence-electron chi connectivity index (χ0n) is 17.9. The Hall–Kier alpha value is -3.95. The highest BCUT2D eigenvalue weighted by Crippen LogP contribution is 2.36. The van der Waals surface area contributed by atoms with Crippen LogP contribution in [0.1, 0.15) is 11.1 Å². The van der Waals surface area contributed by atoms with Gasteiger partial charge in [-0.2, -0.15) is 5.11 Å². The van der Waals surface area contributed by atoms with Gasteiger partial charge in [0.1, 0.15) is 6.54 Å². The van der Waals surface area contributed by atoms with Crippen molar-refractivity contribution >= 4 is 23.4 Å². The zero-order chi connectivity index (χ0) is 22.8. The van der Waals surface area contributed by atoms with Crippen molar-refractivity contribution in [3.05, 3.63) is 53.6 Å². The van der Waals surface area contributed by atoms with E-state index in [1.165, 1.54) is 19.2 Å². The number of aryl methyl sites for hydroxylation is 1. The number of methoxy groups -OCH3 is 2.